The molecule has 0 bridgehead atoms. The molecule has 38 heavy (non-hydrogen) atoms. The minimum atomic E-state index is 0. The molecule has 0 aliphatic carbocycles. The minimum Gasteiger partial charge on any atom is -0.398 e. The first kappa shape index (κ1) is 37.7. The summed E-state index contributed by atoms with van der Waals surface area (Å²) >= 11 is 0. The third-order valence-electron chi connectivity index (χ3n) is 4.98. The third kappa shape index (κ3) is 15.7. The summed E-state index contributed by atoms with van der Waals surface area (Å²) < 4.78 is 0. The quantitative estimate of drug-likeness (QED) is 0.201. The van der Waals surface area contributed by atoms with Crippen LogP contribution in [0.1, 0.15) is 22.3 Å². The molecule has 178 valence electrons. The van der Waals surface area contributed by atoms with Crippen molar-refractivity contribution in [3.63, 3.8) is 0 Å². The van der Waals surface area contributed by atoms with Gasteiger partial charge in [0.15, 0.2) is 0 Å². The van der Waals surface area contributed by atoms with Gasteiger partial charge in [0, 0.05) is 5.69 Å². The Morgan fingerprint density at radius 2 is 1.03 bits per heavy atom. The SMILES string of the molecule is Cc1cc(C)c(N)c(C)c1.[CH2-]c1ccccc1.[Li+].[Li+].[Li+].[c-]1ccccc1.[c-]1ccccc1-c1ccccc1. The summed E-state index contributed by atoms with van der Waals surface area (Å²) in [6.45, 7) is 9.88. The normalized spacial score (nSPS) is 8.50. The molecule has 0 aliphatic rings. The van der Waals surface area contributed by atoms with Crippen LogP contribution < -0.4 is 62.3 Å². The largest absolute Gasteiger partial charge is 1.00 e. The molecule has 0 aromatic heterocycles. The summed E-state index contributed by atoms with van der Waals surface area (Å²) in [4.78, 5) is 0. The van der Waals surface area contributed by atoms with Gasteiger partial charge in [0.25, 0.3) is 0 Å². The Morgan fingerprint density at radius 3 is 1.39 bits per heavy atom. The van der Waals surface area contributed by atoms with Gasteiger partial charge in [-0.1, -0.05) is 59.7 Å². The maximum atomic E-state index is 5.75. The van der Waals surface area contributed by atoms with Crippen LogP contribution in [0.4, 0.5) is 5.69 Å². The van der Waals surface area contributed by atoms with E-state index in [2.05, 4.69) is 56.3 Å². The Morgan fingerprint density at radius 1 is 0.579 bits per heavy atom. The molecule has 5 rings (SSSR count). The van der Waals surface area contributed by atoms with Gasteiger partial charge in [-0.3, -0.25) is 0 Å². The van der Waals surface area contributed by atoms with Gasteiger partial charge < -0.3 is 5.73 Å². The number of nitrogen functional groups attached to an aromatic ring is 1. The molecule has 0 heterocycles. The van der Waals surface area contributed by atoms with E-state index in [4.69, 9.17) is 5.73 Å². The van der Waals surface area contributed by atoms with Gasteiger partial charge in [0.1, 0.15) is 0 Å². The number of hydrogen-bond acceptors (Lipinski definition) is 1. The van der Waals surface area contributed by atoms with Gasteiger partial charge in [-0.05, 0) is 31.9 Å². The third-order valence-corrected chi connectivity index (χ3v) is 4.98. The Bertz CT molecular complexity index is 1130. The van der Waals surface area contributed by atoms with Crippen LogP contribution in [-0.4, -0.2) is 0 Å². The van der Waals surface area contributed by atoms with Crippen molar-refractivity contribution in [2.24, 2.45) is 0 Å². The van der Waals surface area contributed by atoms with Crippen LogP contribution >= 0.6 is 0 Å². The Hall–Kier alpha value is -2.44. The van der Waals surface area contributed by atoms with E-state index in [-0.39, 0.29) is 56.6 Å². The first-order valence-electron chi connectivity index (χ1n) is 11.6. The molecule has 0 radical (unpaired) electrons. The summed E-state index contributed by atoms with van der Waals surface area (Å²) in [5, 5.41) is 0. The zero-order chi connectivity index (χ0) is 25.3. The van der Waals surface area contributed by atoms with Gasteiger partial charge in [-0.25, -0.2) is 0 Å². The number of rotatable bonds is 1. The van der Waals surface area contributed by atoms with Gasteiger partial charge >= 0.3 is 56.6 Å². The van der Waals surface area contributed by atoms with Crippen molar-refractivity contribution >= 4 is 5.69 Å². The van der Waals surface area contributed by atoms with Gasteiger partial charge in [-0.2, -0.15) is 61.0 Å². The molecule has 5 aromatic rings. The number of benzene rings is 5. The molecule has 0 spiro atoms. The van der Waals surface area contributed by atoms with Crippen molar-refractivity contribution in [3.8, 4) is 11.1 Å². The summed E-state index contributed by atoms with van der Waals surface area (Å²) in [6.07, 6.45) is 0. The maximum absolute atomic E-state index is 5.75. The fourth-order valence-electron chi connectivity index (χ4n) is 3.20. The fraction of sp³-hybridized carbons (Fsp3) is 0.0882. The summed E-state index contributed by atoms with van der Waals surface area (Å²) in [5.41, 5.74) is 13.8. The molecule has 5 aromatic carbocycles. The average molecular weight is 477 g/mol. The molecule has 0 aliphatic heterocycles. The number of anilines is 1. The molecule has 4 heteroatoms. The van der Waals surface area contributed by atoms with Crippen molar-refractivity contribution < 1.29 is 56.6 Å². The van der Waals surface area contributed by atoms with Crippen LogP contribution in [0.15, 0.2) is 127 Å². The molecule has 0 amide bonds. The standard InChI is InChI=1S/C12H9.C9H13N.C7H7.C6H5.3Li/c1-3-7-11(8-4-1)12-9-5-2-6-10-12;1-6-4-7(2)9(10)8(3)5-6;1-7-5-3-2-4-6-7;1-2-4-6-5-3-1;;;/h1-9H;4-5H,10H2,1-3H3;2-6H,1H2;1-5H;;;/q-1;;2*-1;3*+1. The molecular weight excluding hydrogens is 443 g/mol. The maximum Gasteiger partial charge on any atom is 1.00 e. The smallest absolute Gasteiger partial charge is 0.398 e. The molecule has 1 nitrogen and oxygen atoms in total. The average Bonchev–Trinajstić information content (AvgIpc) is 2.91. The minimum absolute atomic E-state index is 0. The monoisotopic (exact) mass is 477 g/mol. The van der Waals surface area contributed by atoms with Crippen molar-refractivity contribution in [3.05, 3.63) is 169 Å². The Labute approximate surface area is 266 Å². The van der Waals surface area contributed by atoms with Crippen LogP contribution in [0.5, 0.6) is 0 Å². The van der Waals surface area contributed by atoms with E-state index in [0.717, 1.165) is 16.8 Å². The first-order valence-corrected chi connectivity index (χ1v) is 11.6. The summed E-state index contributed by atoms with van der Waals surface area (Å²) in [7, 11) is 0. The Balaban J connectivity index is 0. The van der Waals surface area contributed by atoms with Gasteiger partial charge in [0.2, 0.25) is 0 Å². The van der Waals surface area contributed by atoms with Crippen LogP contribution in [0.25, 0.3) is 11.1 Å². The van der Waals surface area contributed by atoms with Crippen LogP contribution in [0.3, 0.4) is 0 Å². The second kappa shape index (κ2) is 22.5. The van der Waals surface area contributed by atoms with E-state index in [1.165, 1.54) is 22.3 Å². The second-order valence-electron chi connectivity index (χ2n) is 8.02. The van der Waals surface area contributed by atoms with Crippen molar-refractivity contribution in [1.29, 1.82) is 0 Å². The van der Waals surface area contributed by atoms with E-state index < -0.39 is 0 Å². The van der Waals surface area contributed by atoms with Gasteiger partial charge in [-0.15, -0.1) is 48.0 Å². The first-order chi connectivity index (χ1) is 17.0. The van der Waals surface area contributed by atoms with Crippen LogP contribution in [0, 0.1) is 39.8 Å². The fourth-order valence-corrected chi connectivity index (χ4v) is 3.20. The predicted octanol–water partition coefficient (Wildman–Crippen LogP) is -0.285. The molecule has 0 saturated heterocycles. The van der Waals surface area contributed by atoms with Gasteiger partial charge in [0.05, 0.1) is 0 Å². The van der Waals surface area contributed by atoms with Crippen LogP contribution in [0.2, 0.25) is 0 Å². The second-order valence-corrected chi connectivity index (χ2v) is 8.02. The molecular formula is C34H34Li3N. The number of aryl methyl sites for hydroxylation is 3. The number of nitrogens with two attached hydrogens (primary N) is 1. The summed E-state index contributed by atoms with van der Waals surface area (Å²) in [6, 6.07) is 48.0. The Kier molecular flexibility index (Phi) is 22.4. The van der Waals surface area contributed by atoms with Crippen LogP contribution in [-0.2, 0) is 0 Å². The topological polar surface area (TPSA) is 26.0 Å². The molecule has 0 fully saturated rings. The molecule has 2 N–H and O–H groups in total. The van der Waals surface area contributed by atoms with Crippen molar-refractivity contribution in [2.45, 2.75) is 20.8 Å². The zero-order valence-corrected chi connectivity index (χ0v) is 23.9. The zero-order valence-electron chi connectivity index (χ0n) is 23.9. The molecule has 0 atom stereocenters. The van der Waals surface area contributed by atoms with E-state index in [0.29, 0.717) is 0 Å². The van der Waals surface area contributed by atoms with E-state index in [9.17, 15) is 0 Å². The number of hydrogen-bond donors (Lipinski definition) is 1. The predicted molar refractivity (Wildman–Crippen MR) is 152 cm³/mol. The van der Waals surface area contributed by atoms with Crippen molar-refractivity contribution in [1.82, 2.24) is 0 Å². The van der Waals surface area contributed by atoms with Crippen molar-refractivity contribution in [2.75, 3.05) is 5.73 Å². The molecule has 0 saturated carbocycles. The molecule has 0 unspecified atom stereocenters. The summed E-state index contributed by atoms with van der Waals surface area (Å²) in [5.74, 6) is 0. The van der Waals surface area contributed by atoms with E-state index >= 15 is 0 Å². The van der Waals surface area contributed by atoms with E-state index in [1.807, 2.05) is 111 Å². The van der Waals surface area contributed by atoms with E-state index in [1.54, 1.807) is 0 Å².